The Labute approximate surface area is 195 Å². The molecule has 1 heterocycles. The van der Waals surface area contributed by atoms with Gasteiger partial charge in [-0.25, -0.2) is 13.1 Å². The second kappa shape index (κ2) is 8.83. The maximum Gasteiger partial charge on any atom is 0.502 e. The molecule has 31 heavy (non-hydrogen) atoms. The fourth-order valence-corrected chi connectivity index (χ4v) is 4.91. The summed E-state index contributed by atoms with van der Waals surface area (Å²) in [5.74, 6) is -0.728. The van der Waals surface area contributed by atoms with Crippen LogP contribution in [0, 0.1) is 11.3 Å². The summed E-state index contributed by atoms with van der Waals surface area (Å²) in [6, 6.07) is 2.18. The molecule has 170 valence electrons. The minimum absolute atomic E-state index is 0.00658. The fourth-order valence-electron chi connectivity index (χ4n) is 2.49. The van der Waals surface area contributed by atoms with E-state index in [9.17, 15) is 40.0 Å². The number of nitrogens with zero attached hydrogens (tertiary/aromatic N) is 4. The highest BCUT2D eigenvalue weighted by Crippen LogP contribution is 2.43. The summed E-state index contributed by atoms with van der Waals surface area (Å²) in [6.45, 7) is -0.00658. The number of hydrogen-bond acceptors (Lipinski definition) is 5. The standard InChI is InChI=1S/C15H9Cl2F6IN4O2S/c1-27(3-2-24)13-12(31(29,30)15(21,22)23)10(6-25)26-28(13)11-8(16)4-7(5-9(11)17)14(18,19)20/h4-5H,2-3H2,1H3. The number of aromatic nitrogens is 2. The molecule has 0 aliphatic heterocycles. The molecule has 0 amide bonds. The van der Waals surface area contributed by atoms with Gasteiger partial charge in [0.15, 0.2) is 16.4 Å². The second-order valence-corrected chi connectivity index (χ2v) is 9.64. The van der Waals surface area contributed by atoms with E-state index in [2.05, 4.69) is 5.10 Å². The summed E-state index contributed by atoms with van der Waals surface area (Å²) in [4.78, 5) is -0.412. The normalized spacial score (nSPS) is 12.7. The van der Waals surface area contributed by atoms with Crippen LogP contribution in [0.25, 0.3) is 5.69 Å². The molecule has 0 fully saturated rings. The lowest BCUT2D eigenvalue weighted by Gasteiger charge is -2.22. The summed E-state index contributed by atoms with van der Waals surface area (Å²) < 4.78 is 104. The Morgan fingerprint density at radius 1 is 1.19 bits per heavy atom. The van der Waals surface area contributed by atoms with Crippen LogP contribution >= 0.6 is 45.8 Å². The van der Waals surface area contributed by atoms with Crippen LogP contribution in [-0.4, -0.2) is 41.7 Å². The van der Waals surface area contributed by atoms with Crippen molar-refractivity contribution in [2.24, 2.45) is 0 Å². The molecule has 2 aromatic rings. The lowest BCUT2D eigenvalue weighted by molar-refractivity contribution is -0.137. The minimum atomic E-state index is -6.07. The van der Waals surface area contributed by atoms with Crippen molar-refractivity contribution in [2.75, 3.05) is 22.9 Å². The van der Waals surface area contributed by atoms with Crippen LogP contribution in [0.4, 0.5) is 32.2 Å². The molecule has 0 saturated heterocycles. The van der Waals surface area contributed by atoms with Crippen LogP contribution < -0.4 is 4.90 Å². The van der Waals surface area contributed by atoms with E-state index in [-0.39, 0.29) is 6.54 Å². The zero-order chi connectivity index (χ0) is 23.9. The third kappa shape index (κ3) is 4.83. The summed E-state index contributed by atoms with van der Waals surface area (Å²) >= 11 is 13.7. The Balaban J connectivity index is 2.99. The zero-order valence-electron chi connectivity index (χ0n) is 15.0. The number of halogens is 9. The van der Waals surface area contributed by atoms with Crippen molar-refractivity contribution in [3.8, 4) is 11.8 Å². The first-order valence-electron chi connectivity index (χ1n) is 7.76. The topological polar surface area (TPSA) is 79.0 Å². The van der Waals surface area contributed by atoms with E-state index in [1.54, 1.807) is 0 Å². The van der Waals surface area contributed by atoms with Gasteiger partial charge in [-0.05, 0) is 12.1 Å². The molecule has 0 unspecified atom stereocenters. The number of anilines is 1. The van der Waals surface area contributed by atoms with Gasteiger partial charge in [0, 0.05) is 18.0 Å². The molecule has 0 radical (unpaired) electrons. The number of nitriles is 1. The fraction of sp³-hybridized carbons (Fsp3) is 0.333. The van der Waals surface area contributed by atoms with Crippen molar-refractivity contribution < 1.29 is 34.8 Å². The number of hydrogen-bond donors (Lipinski definition) is 0. The van der Waals surface area contributed by atoms with Crippen LogP contribution in [0.3, 0.4) is 0 Å². The molecule has 6 nitrogen and oxygen atoms in total. The van der Waals surface area contributed by atoms with Gasteiger partial charge in [-0.15, -0.1) is 0 Å². The summed E-state index contributed by atoms with van der Waals surface area (Å²) in [6.07, 6.45) is -4.83. The van der Waals surface area contributed by atoms with Gasteiger partial charge in [0.05, 0.1) is 15.6 Å². The molecule has 0 bridgehead atoms. The summed E-state index contributed by atoms with van der Waals surface area (Å²) in [5.41, 5.74) is -8.67. The van der Waals surface area contributed by atoms with Crippen molar-refractivity contribution in [3.63, 3.8) is 0 Å². The predicted octanol–water partition coefficient (Wildman–Crippen LogP) is 5.23. The zero-order valence-corrected chi connectivity index (χ0v) is 19.5. The smallest absolute Gasteiger partial charge is 0.358 e. The molecule has 0 spiro atoms. The second-order valence-electron chi connectivity index (χ2n) is 5.87. The first-order valence-corrected chi connectivity index (χ1v) is 11.5. The van der Waals surface area contributed by atoms with Gasteiger partial charge in [-0.3, -0.25) is 0 Å². The van der Waals surface area contributed by atoms with E-state index in [4.69, 9.17) is 23.2 Å². The maximum absolute atomic E-state index is 13.3. The van der Waals surface area contributed by atoms with Gasteiger partial charge in [0.2, 0.25) is 0 Å². The van der Waals surface area contributed by atoms with Gasteiger partial charge in [0.1, 0.15) is 11.8 Å². The molecule has 0 aliphatic rings. The molecule has 0 atom stereocenters. The Bertz CT molecular complexity index is 1130. The number of sulfone groups is 1. The average molecular weight is 621 g/mol. The van der Waals surface area contributed by atoms with Crippen molar-refractivity contribution in [3.05, 3.63) is 33.4 Å². The number of rotatable bonds is 5. The monoisotopic (exact) mass is 620 g/mol. The van der Waals surface area contributed by atoms with Crippen LogP contribution in [-0.2, 0) is 16.0 Å². The van der Waals surface area contributed by atoms with Crippen molar-refractivity contribution >= 4 is 61.4 Å². The van der Waals surface area contributed by atoms with E-state index >= 15 is 0 Å². The maximum atomic E-state index is 13.3. The van der Waals surface area contributed by atoms with Crippen molar-refractivity contribution in [1.29, 1.82) is 5.26 Å². The Morgan fingerprint density at radius 2 is 1.71 bits per heavy atom. The molecule has 0 N–H and O–H groups in total. The molecule has 1 aromatic heterocycles. The SMILES string of the molecule is CN(CCI)c1c(S(=O)(=O)C(F)(F)F)c(C#N)nn1-c1c(Cl)cc(C(F)(F)F)cc1Cl. The average Bonchev–Trinajstić information content (AvgIpc) is 2.99. The number of benzene rings is 1. The highest BCUT2D eigenvalue weighted by atomic mass is 127. The molecule has 2 rings (SSSR count). The highest BCUT2D eigenvalue weighted by Gasteiger charge is 2.51. The van der Waals surface area contributed by atoms with Gasteiger partial charge in [0.25, 0.3) is 9.84 Å². The summed E-state index contributed by atoms with van der Waals surface area (Å²) in [7, 11) is -4.86. The molecule has 1 aromatic carbocycles. The molecule has 16 heteroatoms. The van der Waals surface area contributed by atoms with Crippen LogP contribution in [0.1, 0.15) is 11.3 Å². The van der Waals surface area contributed by atoms with Crippen LogP contribution in [0.15, 0.2) is 17.0 Å². The predicted molar refractivity (Wildman–Crippen MR) is 109 cm³/mol. The van der Waals surface area contributed by atoms with E-state index in [1.807, 2.05) is 22.6 Å². The third-order valence-corrected chi connectivity index (χ3v) is 6.42. The highest BCUT2D eigenvalue weighted by molar-refractivity contribution is 14.1. The van der Waals surface area contributed by atoms with Gasteiger partial charge >= 0.3 is 11.7 Å². The van der Waals surface area contributed by atoms with Gasteiger partial charge < -0.3 is 4.90 Å². The van der Waals surface area contributed by atoms with Crippen LogP contribution in [0.5, 0.6) is 0 Å². The number of alkyl halides is 7. The molecular formula is C15H9Cl2F6IN4O2S. The minimum Gasteiger partial charge on any atom is -0.358 e. The first-order chi connectivity index (χ1) is 14.1. The largest absolute Gasteiger partial charge is 0.502 e. The Morgan fingerprint density at radius 3 is 2.10 bits per heavy atom. The quantitative estimate of drug-likeness (QED) is 0.260. The third-order valence-electron chi connectivity index (χ3n) is 3.84. The van der Waals surface area contributed by atoms with E-state index in [0.29, 0.717) is 21.2 Å². The van der Waals surface area contributed by atoms with Gasteiger partial charge in [-0.1, -0.05) is 45.8 Å². The van der Waals surface area contributed by atoms with E-state index in [1.165, 1.54) is 13.1 Å². The first kappa shape index (κ1) is 25.8. The van der Waals surface area contributed by atoms with E-state index < -0.39 is 59.2 Å². The Kier molecular flexibility index (Phi) is 7.36. The lowest BCUT2D eigenvalue weighted by Crippen LogP contribution is -2.29. The Hall–Kier alpha value is -1.44. The molecular weight excluding hydrogens is 612 g/mol. The summed E-state index contributed by atoms with van der Waals surface area (Å²) in [5, 5.41) is 11.5. The van der Waals surface area contributed by atoms with Gasteiger partial charge in [-0.2, -0.15) is 36.7 Å². The van der Waals surface area contributed by atoms with Crippen molar-refractivity contribution in [2.45, 2.75) is 16.6 Å². The molecule has 0 aliphatic carbocycles. The van der Waals surface area contributed by atoms with E-state index in [0.717, 1.165) is 4.90 Å². The lowest BCUT2D eigenvalue weighted by atomic mass is 10.2. The molecule has 0 saturated carbocycles. The van der Waals surface area contributed by atoms with Crippen molar-refractivity contribution in [1.82, 2.24) is 9.78 Å². The van der Waals surface area contributed by atoms with Crippen LogP contribution in [0.2, 0.25) is 10.0 Å².